The van der Waals surface area contributed by atoms with Gasteiger partial charge in [0.15, 0.2) is 17.5 Å². The highest BCUT2D eigenvalue weighted by Crippen LogP contribution is 2.57. The van der Waals surface area contributed by atoms with E-state index in [1.165, 1.54) is 60.8 Å². The lowest BCUT2D eigenvalue weighted by molar-refractivity contribution is 0.768. The smallest absolute Gasteiger partial charge is 0.164 e. The maximum Gasteiger partial charge on any atom is 0.164 e. The second-order valence-corrected chi connectivity index (χ2v) is 22.5. The quantitative estimate of drug-likeness (QED) is 0.144. The average molecular weight is 802 g/mol. The summed E-state index contributed by atoms with van der Waals surface area (Å²) in [4.78, 5) is 15.1. The van der Waals surface area contributed by atoms with Crippen molar-refractivity contribution >= 4 is 13.3 Å². The molecule has 0 atom stereocenters. The van der Waals surface area contributed by atoms with Gasteiger partial charge in [-0.1, -0.05) is 212 Å². The van der Waals surface area contributed by atoms with E-state index in [-0.39, 0.29) is 0 Å². The van der Waals surface area contributed by atoms with Crippen LogP contribution < -0.4 is 5.19 Å². The highest BCUT2D eigenvalue weighted by Gasteiger charge is 2.46. The fourth-order valence-corrected chi connectivity index (χ4v) is 10.2. The Hall–Kier alpha value is -7.01. The van der Waals surface area contributed by atoms with Gasteiger partial charge < -0.3 is 0 Å². The lowest BCUT2D eigenvalue weighted by Crippen LogP contribution is -2.37. The third kappa shape index (κ3) is 6.93. The van der Waals surface area contributed by atoms with E-state index >= 15 is 0 Å². The SMILES string of the molecule is Cc1ccc(C2(c3ccc(C)cc3)c3cc(-c4ccc([Si](C)(C)C)cc4)ccc3-c3ccc(-c4cccc(-c5nc(-c6ccccc6)nc(-c6ccccc6)n5)c4)cc32)cc1. The van der Waals surface area contributed by atoms with Gasteiger partial charge in [0.25, 0.3) is 0 Å². The number of fused-ring (bicyclic) bond motifs is 3. The van der Waals surface area contributed by atoms with Crippen LogP contribution in [0.25, 0.3) is 67.5 Å². The molecule has 0 fully saturated rings. The summed E-state index contributed by atoms with van der Waals surface area (Å²) in [5.74, 6) is 1.94. The molecule has 9 aromatic rings. The first-order chi connectivity index (χ1) is 29.6. The van der Waals surface area contributed by atoms with Crippen molar-refractivity contribution in [1.82, 2.24) is 15.0 Å². The maximum absolute atomic E-state index is 5.07. The normalized spacial score (nSPS) is 12.8. The van der Waals surface area contributed by atoms with Crippen LogP contribution in [0.4, 0.5) is 0 Å². The van der Waals surface area contributed by atoms with Crippen LogP contribution in [0.2, 0.25) is 19.6 Å². The first-order valence-electron chi connectivity index (χ1n) is 21.2. The summed E-state index contributed by atoms with van der Waals surface area (Å²) >= 11 is 0. The lowest BCUT2D eigenvalue weighted by atomic mass is 9.67. The molecule has 0 saturated heterocycles. The van der Waals surface area contributed by atoms with Gasteiger partial charge in [-0.3, -0.25) is 0 Å². The van der Waals surface area contributed by atoms with Crippen LogP contribution in [0, 0.1) is 13.8 Å². The molecule has 0 radical (unpaired) electrons. The molecule has 0 bridgehead atoms. The van der Waals surface area contributed by atoms with E-state index in [0.29, 0.717) is 17.5 Å². The number of hydrogen-bond donors (Lipinski definition) is 0. The van der Waals surface area contributed by atoms with Crippen LogP contribution in [0.15, 0.2) is 194 Å². The Bertz CT molecular complexity index is 2940. The first-order valence-corrected chi connectivity index (χ1v) is 24.7. The van der Waals surface area contributed by atoms with Crippen molar-refractivity contribution in [1.29, 1.82) is 0 Å². The van der Waals surface area contributed by atoms with Crippen molar-refractivity contribution in [2.45, 2.75) is 38.9 Å². The molecule has 1 aliphatic carbocycles. The lowest BCUT2D eigenvalue weighted by Gasteiger charge is -2.34. The maximum atomic E-state index is 5.07. The zero-order valence-corrected chi connectivity index (χ0v) is 36.3. The number of aryl methyl sites for hydroxylation is 2. The minimum Gasteiger partial charge on any atom is -0.208 e. The molecule has 0 spiro atoms. The Morgan fingerprint density at radius 1 is 0.344 bits per heavy atom. The second-order valence-electron chi connectivity index (χ2n) is 17.4. The summed E-state index contributed by atoms with van der Waals surface area (Å²) in [6, 6.07) is 70.9. The van der Waals surface area contributed by atoms with Gasteiger partial charge in [0, 0.05) is 16.7 Å². The van der Waals surface area contributed by atoms with Crippen molar-refractivity contribution in [3.63, 3.8) is 0 Å². The van der Waals surface area contributed by atoms with Gasteiger partial charge in [-0.15, -0.1) is 0 Å². The molecule has 0 aliphatic heterocycles. The number of rotatable bonds is 8. The molecule has 0 saturated carbocycles. The number of hydrogen-bond acceptors (Lipinski definition) is 3. The van der Waals surface area contributed by atoms with E-state index in [1.54, 1.807) is 0 Å². The van der Waals surface area contributed by atoms with Crippen LogP contribution in [0.5, 0.6) is 0 Å². The first kappa shape index (κ1) is 38.2. The molecule has 1 aliphatic rings. The fraction of sp³-hybridized carbons (Fsp3) is 0.105. The van der Waals surface area contributed by atoms with E-state index in [1.807, 2.05) is 60.7 Å². The molecule has 0 unspecified atom stereocenters. The summed E-state index contributed by atoms with van der Waals surface area (Å²) < 4.78 is 0. The predicted molar refractivity (Wildman–Crippen MR) is 257 cm³/mol. The Kier molecular flexibility index (Phi) is 9.54. The summed E-state index contributed by atoms with van der Waals surface area (Å²) in [6.07, 6.45) is 0. The minimum atomic E-state index is -1.44. The van der Waals surface area contributed by atoms with Crippen LogP contribution in [-0.4, -0.2) is 23.0 Å². The number of nitrogens with zero attached hydrogens (tertiary/aromatic N) is 3. The van der Waals surface area contributed by atoms with Crippen LogP contribution in [0.3, 0.4) is 0 Å². The number of benzene rings is 8. The van der Waals surface area contributed by atoms with Crippen LogP contribution >= 0.6 is 0 Å². The Labute approximate surface area is 360 Å². The largest absolute Gasteiger partial charge is 0.208 e. The fourth-order valence-electron chi connectivity index (χ4n) is 9.02. The molecular weight excluding hydrogens is 755 g/mol. The van der Waals surface area contributed by atoms with E-state index in [2.05, 4.69) is 167 Å². The molecule has 10 rings (SSSR count). The van der Waals surface area contributed by atoms with E-state index < -0.39 is 13.5 Å². The van der Waals surface area contributed by atoms with Crippen LogP contribution in [-0.2, 0) is 5.41 Å². The minimum absolute atomic E-state index is 0.558. The van der Waals surface area contributed by atoms with Gasteiger partial charge in [0.1, 0.15) is 0 Å². The van der Waals surface area contributed by atoms with Crippen molar-refractivity contribution in [2.75, 3.05) is 0 Å². The standard InChI is InChI=1S/C57H47N3Si/c1-38-19-27-47(28-20-38)57(48-29-21-39(2)22-30-48)52-36-44(40-23-31-49(32-24-40)61(3,4)5)25-33-50(52)51-34-26-45(37-53(51)57)43-17-12-18-46(35-43)56-59-54(41-13-8-6-9-14-41)58-55(60-56)42-15-10-7-11-16-42/h6-37H,1-5H3. The monoisotopic (exact) mass is 801 g/mol. The van der Waals surface area contributed by atoms with Crippen molar-refractivity contribution in [3.05, 3.63) is 228 Å². The van der Waals surface area contributed by atoms with Gasteiger partial charge in [0.2, 0.25) is 0 Å². The zero-order chi connectivity index (χ0) is 41.7. The Morgan fingerprint density at radius 3 is 1.21 bits per heavy atom. The van der Waals surface area contributed by atoms with E-state index in [9.17, 15) is 0 Å². The van der Waals surface area contributed by atoms with Gasteiger partial charge in [0.05, 0.1) is 13.5 Å². The Morgan fingerprint density at radius 2 is 0.738 bits per heavy atom. The summed E-state index contributed by atoms with van der Waals surface area (Å²) in [6.45, 7) is 11.6. The highest BCUT2D eigenvalue weighted by molar-refractivity contribution is 6.88. The van der Waals surface area contributed by atoms with E-state index in [0.717, 1.165) is 27.8 Å². The topological polar surface area (TPSA) is 38.7 Å². The summed E-state index contributed by atoms with van der Waals surface area (Å²) in [5, 5.41) is 1.47. The molecule has 1 aromatic heterocycles. The molecule has 1 heterocycles. The van der Waals surface area contributed by atoms with Crippen molar-refractivity contribution in [3.8, 4) is 67.5 Å². The second kappa shape index (κ2) is 15.2. The molecule has 61 heavy (non-hydrogen) atoms. The van der Waals surface area contributed by atoms with Crippen molar-refractivity contribution < 1.29 is 0 Å². The zero-order valence-electron chi connectivity index (χ0n) is 35.3. The van der Waals surface area contributed by atoms with Crippen molar-refractivity contribution in [2.24, 2.45) is 0 Å². The van der Waals surface area contributed by atoms with Gasteiger partial charge >= 0.3 is 0 Å². The molecular formula is C57H47N3Si. The average Bonchev–Trinajstić information content (AvgIpc) is 3.59. The molecule has 0 N–H and O–H groups in total. The molecule has 3 nitrogen and oxygen atoms in total. The predicted octanol–water partition coefficient (Wildman–Crippen LogP) is 13.7. The van der Waals surface area contributed by atoms with Crippen LogP contribution in [0.1, 0.15) is 33.4 Å². The highest BCUT2D eigenvalue weighted by atomic mass is 28.3. The number of aromatic nitrogens is 3. The summed E-state index contributed by atoms with van der Waals surface area (Å²) in [5.41, 5.74) is 17.1. The molecule has 8 aromatic carbocycles. The van der Waals surface area contributed by atoms with Gasteiger partial charge in [-0.25, -0.2) is 15.0 Å². The Balaban J connectivity index is 1.16. The molecule has 0 amide bonds. The molecule has 4 heteroatoms. The van der Waals surface area contributed by atoms with Gasteiger partial charge in [-0.2, -0.15) is 0 Å². The van der Waals surface area contributed by atoms with Gasteiger partial charge in [-0.05, 0) is 87.7 Å². The third-order valence-electron chi connectivity index (χ3n) is 12.3. The molecule has 294 valence electrons. The summed E-state index contributed by atoms with van der Waals surface area (Å²) in [7, 11) is -1.44. The third-order valence-corrected chi connectivity index (χ3v) is 14.4. The van der Waals surface area contributed by atoms with E-state index in [4.69, 9.17) is 15.0 Å².